The minimum absolute atomic E-state index is 0.112. The van der Waals surface area contributed by atoms with Crippen LogP contribution in [0.1, 0.15) is 5.56 Å². The SMILES string of the molecule is Nc1ncc(C=NNC(=O)COc2ccccc2)cn1. The van der Waals surface area contributed by atoms with Crippen LogP contribution >= 0.6 is 0 Å². The maximum absolute atomic E-state index is 11.5. The highest BCUT2D eigenvalue weighted by atomic mass is 16.5. The molecular weight excluding hydrogens is 258 g/mol. The van der Waals surface area contributed by atoms with Gasteiger partial charge in [-0.25, -0.2) is 15.4 Å². The molecule has 0 bridgehead atoms. The molecule has 0 spiro atoms. The van der Waals surface area contributed by atoms with Crippen molar-refractivity contribution in [2.75, 3.05) is 12.3 Å². The van der Waals surface area contributed by atoms with E-state index in [1.165, 1.54) is 18.6 Å². The Kier molecular flexibility index (Phi) is 4.60. The van der Waals surface area contributed by atoms with Gasteiger partial charge in [-0.1, -0.05) is 18.2 Å². The zero-order chi connectivity index (χ0) is 14.2. The van der Waals surface area contributed by atoms with Crippen molar-refractivity contribution in [3.05, 3.63) is 48.3 Å². The Morgan fingerprint density at radius 2 is 2.00 bits per heavy atom. The lowest BCUT2D eigenvalue weighted by Crippen LogP contribution is -2.24. The van der Waals surface area contributed by atoms with Crippen LogP contribution in [0, 0.1) is 0 Å². The molecule has 2 rings (SSSR count). The summed E-state index contributed by atoms with van der Waals surface area (Å²) in [4.78, 5) is 19.0. The molecule has 0 fully saturated rings. The van der Waals surface area contributed by atoms with E-state index < -0.39 is 0 Å². The molecule has 0 unspecified atom stereocenters. The predicted octanol–water partition coefficient (Wildman–Crippen LogP) is 0.588. The number of carbonyl (C=O) groups excluding carboxylic acids is 1. The van der Waals surface area contributed by atoms with Gasteiger partial charge < -0.3 is 10.5 Å². The average Bonchev–Trinajstić information content (AvgIpc) is 2.48. The van der Waals surface area contributed by atoms with E-state index in [4.69, 9.17) is 10.5 Å². The number of carbonyl (C=O) groups is 1. The van der Waals surface area contributed by atoms with Gasteiger partial charge in [0.05, 0.1) is 6.21 Å². The topological polar surface area (TPSA) is 102 Å². The number of nitrogens with one attached hydrogen (secondary N) is 1. The second-order valence-corrected chi connectivity index (χ2v) is 3.77. The van der Waals surface area contributed by atoms with Crippen molar-refractivity contribution in [1.82, 2.24) is 15.4 Å². The van der Waals surface area contributed by atoms with E-state index in [9.17, 15) is 4.79 Å². The number of nitrogens with zero attached hydrogens (tertiary/aromatic N) is 3. The third kappa shape index (κ3) is 4.37. The summed E-state index contributed by atoms with van der Waals surface area (Å²) in [5, 5.41) is 3.76. The highest BCUT2D eigenvalue weighted by molar-refractivity contribution is 5.82. The van der Waals surface area contributed by atoms with Crippen LogP contribution < -0.4 is 15.9 Å². The lowest BCUT2D eigenvalue weighted by molar-refractivity contribution is -0.123. The smallest absolute Gasteiger partial charge is 0.277 e. The Morgan fingerprint density at radius 3 is 2.70 bits per heavy atom. The number of aromatic nitrogens is 2. The molecule has 1 aromatic heterocycles. The zero-order valence-electron chi connectivity index (χ0n) is 10.6. The summed E-state index contributed by atoms with van der Waals surface area (Å²) < 4.78 is 5.26. The fourth-order valence-electron chi connectivity index (χ4n) is 1.29. The van der Waals surface area contributed by atoms with Crippen LogP contribution in [0.2, 0.25) is 0 Å². The van der Waals surface area contributed by atoms with Gasteiger partial charge in [-0.2, -0.15) is 5.10 Å². The molecule has 1 heterocycles. The summed E-state index contributed by atoms with van der Waals surface area (Å²) >= 11 is 0. The molecule has 1 amide bonds. The van der Waals surface area contributed by atoms with Crippen LogP contribution in [0.5, 0.6) is 5.75 Å². The number of para-hydroxylation sites is 1. The number of ether oxygens (including phenoxy) is 1. The molecule has 0 aliphatic rings. The summed E-state index contributed by atoms with van der Waals surface area (Å²) in [6.45, 7) is -0.112. The van der Waals surface area contributed by atoms with E-state index in [1.54, 1.807) is 12.1 Å². The lowest BCUT2D eigenvalue weighted by atomic mass is 10.3. The fourth-order valence-corrected chi connectivity index (χ4v) is 1.29. The number of hydrogen-bond donors (Lipinski definition) is 2. The quantitative estimate of drug-likeness (QED) is 0.612. The normalized spacial score (nSPS) is 10.4. The summed E-state index contributed by atoms with van der Waals surface area (Å²) in [6, 6.07) is 9.05. The minimum Gasteiger partial charge on any atom is -0.484 e. The number of anilines is 1. The molecular formula is C13H13N5O2. The molecule has 102 valence electrons. The maximum atomic E-state index is 11.5. The molecule has 0 radical (unpaired) electrons. The molecule has 0 aliphatic carbocycles. The van der Waals surface area contributed by atoms with Gasteiger partial charge in [0.15, 0.2) is 6.61 Å². The molecule has 0 saturated heterocycles. The van der Waals surface area contributed by atoms with Gasteiger partial charge in [-0.3, -0.25) is 4.79 Å². The number of amides is 1. The van der Waals surface area contributed by atoms with Crippen LogP contribution in [0.25, 0.3) is 0 Å². The van der Waals surface area contributed by atoms with E-state index in [-0.39, 0.29) is 18.5 Å². The highest BCUT2D eigenvalue weighted by Crippen LogP contribution is 2.07. The van der Waals surface area contributed by atoms with E-state index in [0.717, 1.165) is 0 Å². The van der Waals surface area contributed by atoms with Crippen LogP contribution in [-0.4, -0.2) is 28.7 Å². The number of rotatable bonds is 5. The van der Waals surface area contributed by atoms with E-state index in [0.29, 0.717) is 11.3 Å². The Labute approximate surface area is 115 Å². The first kappa shape index (κ1) is 13.5. The Balaban J connectivity index is 1.76. The van der Waals surface area contributed by atoms with Gasteiger partial charge in [0.1, 0.15) is 5.75 Å². The fraction of sp³-hybridized carbons (Fsp3) is 0.0769. The molecule has 0 atom stereocenters. The number of benzene rings is 1. The number of nitrogens with two attached hydrogens (primary N) is 1. The van der Waals surface area contributed by atoms with Crippen molar-refractivity contribution in [1.29, 1.82) is 0 Å². The van der Waals surface area contributed by atoms with Gasteiger partial charge in [0, 0.05) is 18.0 Å². The van der Waals surface area contributed by atoms with Crippen molar-refractivity contribution in [2.24, 2.45) is 5.10 Å². The summed E-state index contributed by atoms with van der Waals surface area (Å²) in [5.74, 6) is 0.447. The molecule has 0 aliphatic heterocycles. The average molecular weight is 271 g/mol. The van der Waals surface area contributed by atoms with E-state index >= 15 is 0 Å². The van der Waals surface area contributed by atoms with Crippen LogP contribution in [0.4, 0.5) is 5.95 Å². The number of hydrogen-bond acceptors (Lipinski definition) is 6. The maximum Gasteiger partial charge on any atom is 0.277 e. The second-order valence-electron chi connectivity index (χ2n) is 3.77. The number of hydrazone groups is 1. The van der Waals surface area contributed by atoms with Gasteiger partial charge >= 0.3 is 0 Å². The Hall–Kier alpha value is -2.96. The van der Waals surface area contributed by atoms with Gasteiger partial charge in [0.2, 0.25) is 5.95 Å². The van der Waals surface area contributed by atoms with Crippen molar-refractivity contribution in [3.8, 4) is 5.75 Å². The summed E-state index contributed by atoms with van der Waals surface area (Å²) in [6.07, 6.45) is 4.41. The van der Waals surface area contributed by atoms with E-state index in [1.807, 2.05) is 18.2 Å². The van der Waals surface area contributed by atoms with Gasteiger partial charge in [-0.05, 0) is 12.1 Å². The predicted molar refractivity (Wildman–Crippen MR) is 74.1 cm³/mol. The molecule has 20 heavy (non-hydrogen) atoms. The van der Waals surface area contributed by atoms with Crippen molar-refractivity contribution >= 4 is 18.1 Å². The third-order valence-electron chi connectivity index (χ3n) is 2.21. The second kappa shape index (κ2) is 6.83. The molecule has 3 N–H and O–H groups in total. The molecule has 1 aromatic carbocycles. The first-order valence-corrected chi connectivity index (χ1v) is 5.81. The van der Waals surface area contributed by atoms with Crippen LogP contribution in [-0.2, 0) is 4.79 Å². The van der Waals surface area contributed by atoms with Crippen LogP contribution in [0.15, 0.2) is 47.8 Å². The highest BCUT2D eigenvalue weighted by Gasteiger charge is 2.00. The van der Waals surface area contributed by atoms with E-state index in [2.05, 4.69) is 20.5 Å². The zero-order valence-corrected chi connectivity index (χ0v) is 10.6. The molecule has 0 saturated carbocycles. The van der Waals surface area contributed by atoms with Gasteiger partial charge in [0.25, 0.3) is 5.91 Å². The number of nitrogen functional groups attached to an aromatic ring is 1. The van der Waals surface area contributed by atoms with Crippen molar-refractivity contribution in [2.45, 2.75) is 0 Å². The van der Waals surface area contributed by atoms with Crippen LogP contribution in [0.3, 0.4) is 0 Å². The first-order chi connectivity index (χ1) is 9.74. The summed E-state index contributed by atoms with van der Waals surface area (Å²) in [7, 11) is 0. The van der Waals surface area contributed by atoms with Gasteiger partial charge in [-0.15, -0.1) is 0 Å². The first-order valence-electron chi connectivity index (χ1n) is 5.81. The molecule has 7 heteroatoms. The van der Waals surface area contributed by atoms with Crippen molar-refractivity contribution in [3.63, 3.8) is 0 Å². The summed E-state index contributed by atoms with van der Waals surface area (Å²) in [5.41, 5.74) is 8.31. The Bertz CT molecular complexity index is 583. The lowest BCUT2D eigenvalue weighted by Gasteiger charge is -2.03. The molecule has 7 nitrogen and oxygen atoms in total. The molecule has 2 aromatic rings. The largest absolute Gasteiger partial charge is 0.484 e. The Morgan fingerprint density at radius 1 is 1.30 bits per heavy atom. The minimum atomic E-state index is -0.360. The van der Waals surface area contributed by atoms with Crippen molar-refractivity contribution < 1.29 is 9.53 Å². The third-order valence-corrected chi connectivity index (χ3v) is 2.21. The monoisotopic (exact) mass is 271 g/mol. The standard InChI is InChI=1S/C13H13N5O2/c14-13-15-6-10(7-16-13)8-17-18-12(19)9-20-11-4-2-1-3-5-11/h1-8H,9H2,(H,18,19)(H2,14,15,16).